The number of carbonyl (C=O) groups is 2. The molecule has 2 fully saturated rings. The lowest BCUT2D eigenvalue weighted by Gasteiger charge is -2.51. The van der Waals surface area contributed by atoms with Crippen LogP contribution in [0.4, 0.5) is 0 Å². The number of fused-ring (bicyclic) bond motifs is 3. The molecule has 0 unspecified atom stereocenters. The van der Waals surface area contributed by atoms with Crippen molar-refractivity contribution in [1.29, 1.82) is 0 Å². The molecule has 1 aliphatic carbocycles. The van der Waals surface area contributed by atoms with Gasteiger partial charge in [-0.3, -0.25) is 9.59 Å². The Morgan fingerprint density at radius 3 is 2.21 bits per heavy atom. The number of benzene rings is 2. The molecule has 0 radical (unpaired) electrons. The van der Waals surface area contributed by atoms with Crippen LogP contribution in [-0.2, 0) is 14.3 Å². The first-order valence-corrected chi connectivity index (χ1v) is 11.9. The summed E-state index contributed by atoms with van der Waals surface area (Å²) in [5.74, 6) is -0.504. The third kappa shape index (κ3) is 2.70. The van der Waals surface area contributed by atoms with E-state index in [2.05, 4.69) is 77.9 Å². The second-order valence-electron chi connectivity index (χ2n) is 11.0. The summed E-state index contributed by atoms with van der Waals surface area (Å²) in [7, 11) is 0. The number of ether oxygens (including phenoxy) is 1. The van der Waals surface area contributed by atoms with E-state index >= 15 is 0 Å². The van der Waals surface area contributed by atoms with Crippen LogP contribution in [0.15, 0.2) is 42.6 Å². The molecule has 0 N–H and O–H groups in total. The zero-order valence-corrected chi connectivity index (χ0v) is 20.5. The highest BCUT2D eigenvalue weighted by atomic mass is 16.5. The number of carbonyl (C=O) groups excluding carboxylic acids is 2. The summed E-state index contributed by atoms with van der Waals surface area (Å²) < 4.78 is 5.69. The van der Waals surface area contributed by atoms with Gasteiger partial charge in [0.1, 0.15) is 0 Å². The number of hydrogen-bond acceptors (Lipinski definition) is 3. The molecule has 4 nitrogen and oxygen atoms in total. The van der Waals surface area contributed by atoms with Gasteiger partial charge in [0, 0.05) is 11.6 Å². The van der Waals surface area contributed by atoms with Crippen molar-refractivity contribution in [2.24, 2.45) is 16.2 Å². The van der Waals surface area contributed by atoms with E-state index in [0.29, 0.717) is 13.0 Å². The summed E-state index contributed by atoms with van der Waals surface area (Å²) in [6, 6.07) is 12.2. The number of rotatable bonds is 2. The van der Waals surface area contributed by atoms with E-state index in [0.717, 1.165) is 39.8 Å². The van der Waals surface area contributed by atoms with Gasteiger partial charge < -0.3 is 9.64 Å². The fourth-order valence-electron chi connectivity index (χ4n) is 6.58. The molecule has 2 aromatic rings. The van der Waals surface area contributed by atoms with Gasteiger partial charge in [-0.25, -0.2) is 0 Å². The monoisotopic (exact) mass is 443 g/mol. The maximum Gasteiger partial charge on any atom is 0.322 e. The molecule has 2 bridgehead atoms. The smallest absolute Gasteiger partial charge is 0.322 e. The van der Waals surface area contributed by atoms with Crippen LogP contribution in [0.2, 0.25) is 0 Å². The van der Waals surface area contributed by atoms with Gasteiger partial charge in [-0.15, -0.1) is 0 Å². The number of esters is 1. The molecule has 5 rings (SSSR count). The zero-order valence-electron chi connectivity index (χ0n) is 20.5. The second-order valence-corrected chi connectivity index (χ2v) is 11.0. The predicted octanol–water partition coefficient (Wildman–Crippen LogP) is 5.88. The molecule has 1 saturated carbocycles. The van der Waals surface area contributed by atoms with Gasteiger partial charge in [-0.1, -0.05) is 57.2 Å². The van der Waals surface area contributed by atoms with Crippen LogP contribution in [0.3, 0.4) is 0 Å². The van der Waals surface area contributed by atoms with E-state index in [9.17, 15) is 9.59 Å². The van der Waals surface area contributed by atoms with E-state index in [1.165, 1.54) is 0 Å². The summed E-state index contributed by atoms with van der Waals surface area (Å²) in [5, 5.41) is 0. The number of amides is 1. The third-order valence-electron chi connectivity index (χ3n) is 9.24. The van der Waals surface area contributed by atoms with Crippen molar-refractivity contribution >= 4 is 18.0 Å². The summed E-state index contributed by atoms with van der Waals surface area (Å²) in [6.45, 7) is 13.0. The first-order valence-electron chi connectivity index (χ1n) is 11.9. The molecular formula is C29H33NO3. The highest BCUT2D eigenvalue weighted by Gasteiger charge is 2.72. The van der Waals surface area contributed by atoms with Gasteiger partial charge in [0.05, 0.1) is 12.6 Å². The van der Waals surface area contributed by atoms with Gasteiger partial charge in [0.25, 0.3) is 0 Å². The van der Waals surface area contributed by atoms with Crippen LogP contribution < -0.4 is 0 Å². The number of nitrogens with zero attached hydrogens (tertiary/aromatic N) is 1. The Balaban J connectivity index is 1.73. The van der Waals surface area contributed by atoms with Crippen molar-refractivity contribution < 1.29 is 14.3 Å². The maximum absolute atomic E-state index is 14.6. The molecule has 33 heavy (non-hydrogen) atoms. The van der Waals surface area contributed by atoms with Crippen molar-refractivity contribution in [3.8, 4) is 0 Å². The highest BCUT2D eigenvalue weighted by molar-refractivity contribution is 6.06. The molecule has 1 amide bonds. The maximum atomic E-state index is 14.6. The topological polar surface area (TPSA) is 46.6 Å². The molecular weight excluding hydrogens is 410 g/mol. The SMILES string of the molecule is Cc1cccc(C)c1[C@@H]1c2c(C)cccc2C=CN1C(=O)[C@@]12CC[C@@](C)(COC1=O)C2(C)C. The minimum Gasteiger partial charge on any atom is -0.464 e. The molecule has 1 saturated heterocycles. The standard InChI is InChI=1S/C29H33NO3/c1-18-9-7-10-19(2)22(18)24-23-20(3)11-8-12-21(23)13-16-30(24)25(31)29-15-14-28(6,27(29,4)5)17-33-26(29)32/h7-13,16,24H,14-15,17H2,1-6H3/t24-,28+,29+/m1/s1. The van der Waals surface area contributed by atoms with Crippen molar-refractivity contribution in [2.75, 3.05) is 6.61 Å². The lowest BCUT2D eigenvalue weighted by molar-refractivity contribution is -0.192. The Morgan fingerprint density at radius 2 is 1.55 bits per heavy atom. The molecule has 2 heterocycles. The van der Waals surface area contributed by atoms with Crippen LogP contribution >= 0.6 is 0 Å². The van der Waals surface area contributed by atoms with E-state index in [-0.39, 0.29) is 23.3 Å². The minimum absolute atomic E-state index is 0.140. The van der Waals surface area contributed by atoms with Crippen molar-refractivity contribution in [1.82, 2.24) is 4.90 Å². The van der Waals surface area contributed by atoms with Gasteiger partial charge in [-0.05, 0) is 78.5 Å². The van der Waals surface area contributed by atoms with E-state index in [1.807, 2.05) is 17.2 Å². The van der Waals surface area contributed by atoms with Gasteiger partial charge in [0.15, 0.2) is 5.41 Å². The molecule has 4 heteroatoms. The van der Waals surface area contributed by atoms with Crippen molar-refractivity contribution in [2.45, 2.75) is 60.4 Å². The number of cyclic esters (lactones) is 1. The largest absolute Gasteiger partial charge is 0.464 e. The Labute approximate surface area is 196 Å². The lowest BCUT2D eigenvalue weighted by atomic mass is 9.57. The summed E-state index contributed by atoms with van der Waals surface area (Å²) >= 11 is 0. The fraction of sp³-hybridized carbons (Fsp3) is 0.448. The molecule has 3 atom stereocenters. The van der Waals surface area contributed by atoms with E-state index in [4.69, 9.17) is 4.74 Å². The first kappa shape index (κ1) is 21.9. The predicted molar refractivity (Wildman–Crippen MR) is 129 cm³/mol. The Hall–Kier alpha value is -2.88. The normalized spacial score (nSPS) is 29.6. The van der Waals surface area contributed by atoms with Crippen molar-refractivity contribution in [3.05, 3.63) is 76.0 Å². The first-order chi connectivity index (χ1) is 15.5. The lowest BCUT2D eigenvalue weighted by Crippen LogP contribution is -2.61. The van der Waals surface area contributed by atoms with Crippen LogP contribution in [-0.4, -0.2) is 23.4 Å². The van der Waals surface area contributed by atoms with E-state index in [1.54, 1.807) is 0 Å². The second kappa shape index (κ2) is 7.06. The minimum atomic E-state index is -1.18. The highest BCUT2D eigenvalue weighted by Crippen LogP contribution is 2.66. The Bertz CT molecular complexity index is 1190. The molecule has 0 spiro atoms. The summed E-state index contributed by atoms with van der Waals surface area (Å²) in [6.07, 6.45) is 5.23. The zero-order chi connectivity index (χ0) is 23.8. The van der Waals surface area contributed by atoms with Gasteiger partial charge in [0.2, 0.25) is 5.91 Å². The molecule has 3 aliphatic rings. The van der Waals surface area contributed by atoms with Crippen LogP contribution in [0.1, 0.15) is 73.0 Å². The summed E-state index contributed by atoms with van der Waals surface area (Å²) in [5.41, 5.74) is 4.90. The van der Waals surface area contributed by atoms with E-state index < -0.39 is 10.8 Å². The Morgan fingerprint density at radius 1 is 0.939 bits per heavy atom. The molecule has 172 valence electrons. The van der Waals surface area contributed by atoms with Gasteiger partial charge in [-0.2, -0.15) is 0 Å². The fourth-order valence-corrected chi connectivity index (χ4v) is 6.58. The van der Waals surface area contributed by atoms with Crippen LogP contribution in [0.5, 0.6) is 0 Å². The van der Waals surface area contributed by atoms with Crippen molar-refractivity contribution in [3.63, 3.8) is 0 Å². The average molecular weight is 444 g/mol. The van der Waals surface area contributed by atoms with Gasteiger partial charge >= 0.3 is 5.97 Å². The molecule has 2 aromatic carbocycles. The average Bonchev–Trinajstić information content (AvgIpc) is 2.87. The molecule has 0 aromatic heterocycles. The van der Waals surface area contributed by atoms with Crippen LogP contribution in [0.25, 0.3) is 6.08 Å². The number of aryl methyl sites for hydroxylation is 3. The third-order valence-corrected chi connectivity index (χ3v) is 9.24. The molecule has 2 aliphatic heterocycles. The quantitative estimate of drug-likeness (QED) is 0.430. The number of hydrogen-bond donors (Lipinski definition) is 0. The van der Waals surface area contributed by atoms with Crippen LogP contribution in [0, 0.1) is 37.0 Å². The Kier molecular flexibility index (Phi) is 4.69. The summed E-state index contributed by atoms with van der Waals surface area (Å²) in [4.78, 5) is 29.9.